The van der Waals surface area contributed by atoms with Gasteiger partial charge in [-0.1, -0.05) is 13.8 Å². The maximum Gasteiger partial charge on any atom is 0.238 e. The second-order valence-electron chi connectivity index (χ2n) is 6.27. The van der Waals surface area contributed by atoms with Crippen molar-refractivity contribution in [2.45, 2.75) is 50.5 Å². The van der Waals surface area contributed by atoms with Gasteiger partial charge < -0.3 is 5.32 Å². The Balaban J connectivity index is 2.08. The summed E-state index contributed by atoms with van der Waals surface area (Å²) in [6.07, 6.45) is 4.18. The molecule has 1 aliphatic carbocycles. The van der Waals surface area contributed by atoms with E-state index in [4.69, 9.17) is 5.14 Å². The first-order valence-corrected chi connectivity index (χ1v) is 8.31. The molecule has 0 saturated heterocycles. The zero-order valence-corrected chi connectivity index (χ0v) is 12.6. The molecule has 112 valence electrons. The second kappa shape index (κ2) is 5.33. The molecule has 3 N–H and O–H groups in total. The van der Waals surface area contributed by atoms with Crippen molar-refractivity contribution in [1.82, 2.24) is 0 Å². The van der Waals surface area contributed by atoms with E-state index >= 15 is 0 Å². The van der Waals surface area contributed by atoms with Crippen LogP contribution >= 0.6 is 0 Å². The largest absolute Gasteiger partial charge is 0.380 e. The molecule has 6 heteroatoms. The first kappa shape index (κ1) is 15.3. The van der Waals surface area contributed by atoms with Gasteiger partial charge in [-0.2, -0.15) is 0 Å². The molecule has 1 aromatic carbocycles. The molecule has 0 aliphatic heterocycles. The minimum atomic E-state index is -3.86. The Bertz CT molecular complexity index is 589. The average molecular weight is 300 g/mol. The third-order valence-electron chi connectivity index (χ3n) is 3.97. The first-order valence-electron chi connectivity index (χ1n) is 6.76. The zero-order chi connectivity index (χ0) is 15.0. The minimum absolute atomic E-state index is 0.203. The summed E-state index contributed by atoms with van der Waals surface area (Å²) < 4.78 is 36.2. The van der Waals surface area contributed by atoms with E-state index in [1.165, 1.54) is 12.1 Å². The molecule has 1 fully saturated rings. The van der Waals surface area contributed by atoms with Gasteiger partial charge in [-0.05, 0) is 49.3 Å². The van der Waals surface area contributed by atoms with Crippen LogP contribution in [0.4, 0.5) is 10.1 Å². The number of halogens is 1. The molecule has 1 aliphatic rings. The van der Waals surface area contributed by atoms with Crippen LogP contribution in [0.25, 0.3) is 0 Å². The molecule has 4 nitrogen and oxygen atoms in total. The van der Waals surface area contributed by atoms with Crippen molar-refractivity contribution in [2.75, 3.05) is 5.32 Å². The molecule has 0 spiro atoms. The maximum atomic E-state index is 13.9. The van der Waals surface area contributed by atoms with Crippen LogP contribution in [0.3, 0.4) is 0 Å². The minimum Gasteiger partial charge on any atom is -0.380 e. The summed E-state index contributed by atoms with van der Waals surface area (Å²) in [6, 6.07) is 3.96. The van der Waals surface area contributed by atoms with Crippen molar-refractivity contribution < 1.29 is 12.8 Å². The van der Waals surface area contributed by atoms with Gasteiger partial charge in [0, 0.05) is 6.04 Å². The van der Waals surface area contributed by atoms with Crippen LogP contribution in [-0.2, 0) is 10.0 Å². The third kappa shape index (κ3) is 3.70. The van der Waals surface area contributed by atoms with Crippen molar-refractivity contribution >= 4 is 15.7 Å². The van der Waals surface area contributed by atoms with Gasteiger partial charge in [0.1, 0.15) is 5.82 Å². The predicted octanol–water partition coefficient (Wildman–Crippen LogP) is 2.85. The van der Waals surface area contributed by atoms with E-state index in [1.54, 1.807) is 0 Å². The quantitative estimate of drug-likeness (QED) is 0.901. The highest BCUT2D eigenvalue weighted by Crippen LogP contribution is 2.36. The van der Waals surface area contributed by atoms with Crippen LogP contribution in [0.5, 0.6) is 0 Å². The number of benzene rings is 1. The van der Waals surface area contributed by atoms with E-state index in [1.807, 2.05) is 0 Å². The highest BCUT2D eigenvalue weighted by Gasteiger charge is 2.27. The van der Waals surface area contributed by atoms with Crippen LogP contribution < -0.4 is 10.5 Å². The Kier molecular flexibility index (Phi) is 4.07. The lowest BCUT2D eigenvalue weighted by atomic mass is 9.75. The van der Waals surface area contributed by atoms with Crippen molar-refractivity contribution in [1.29, 1.82) is 0 Å². The number of primary sulfonamides is 1. The van der Waals surface area contributed by atoms with E-state index in [2.05, 4.69) is 19.2 Å². The van der Waals surface area contributed by atoms with Crippen LogP contribution in [-0.4, -0.2) is 14.5 Å². The summed E-state index contributed by atoms with van der Waals surface area (Å²) in [6.45, 7) is 4.48. The molecule has 0 aromatic heterocycles. The fraction of sp³-hybridized carbons (Fsp3) is 0.571. The van der Waals surface area contributed by atoms with Gasteiger partial charge in [0.25, 0.3) is 0 Å². The highest BCUT2D eigenvalue weighted by molar-refractivity contribution is 7.89. The van der Waals surface area contributed by atoms with Gasteiger partial charge in [-0.15, -0.1) is 0 Å². The second-order valence-corrected chi connectivity index (χ2v) is 7.83. The van der Waals surface area contributed by atoms with Crippen molar-refractivity contribution in [3.05, 3.63) is 24.0 Å². The monoisotopic (exact) mass is 300 g/mol. The Hall–Kier alpha value is -1.14. The molecule has 0 bridgehead atoms. The maximum absolute atomic E-state index is 13.9. The average Bonchev–Trinajstić information content (AvgIpc) is 2.33. The Morgan fingerprint density at radius 2 is 1.90 bits per heavy atom. The highest BCUT2D eigenvalue weighted by atomic mass is 32.2. The van der Waals surface area contributed by atoms with E-state index in [0.717, 1.165) is 31.7 Å². The predicted molar refractivity (Wildman–Crippen MR) is 77.4 cm³/mol. The standard InChI is InChI=1S/C14H21FN2O2S/c1-14(2)7-5-10(6-8-14)17-13-4-3-11(9-12(13)15)20(16,18)19/h3-4,9-10,17H,5-8H2,1-2H3,(H2,16,18,19). The number of rotatable bonds is 3. The lowest BCUT2D eigenvalue weighted by Crippen LogP contribution is -2.30. The summed E-state index contributed by atoms with van der Waals surface area (Å²) in [5.41, 5.74) is 0.691. The van der Waals surface area contributed by atoms with Crippen LogP contribution in [0, 0.1) is 11.2 Å². The summed E-state index contributed by atoms with van der Waals surface area (Å²) in [4.78, 5) is -0.203. The first-order chi connectivity index (χ1) is 9.17. The smallest absolute Gasteiger partial charge is 0.238 e. The molecule has 0 radical (unpaired) electrons. The number of nitrogens with two attached hydrogens (primary N) is 1. The Labute approximate surface area is 119 Å². The molecule has 0 heterocycles. The van der Waals surface area contributed by atoms with Crippen LogP contribution in [0.2, 0.25) is 0 Å². The molecule has 20 heavy (non-hydrogen) atoms. The van der Waals surface area contributed by atoms with Gasteiger partial charge >= 0.3 is 0 Å². The topological polar surface area (TPSA) is 72.2 Å². The number of anilines is 1. The van der Waals surface area contributed by atoms with Gasteiger partial charge in [-0.3, -0.25) is 0 Å². The summed E-state index contributed by atoms with van der Waals surface area (Å²) in [5.74, 6) is -0.582. The van der Waals surface area contributed by atoms with E-state index in [-0.39, 0.29) is 10.9 Å². The van der Waals surface area contributed by atoms with Crippen molar-refractivity contribution in [3.63, 3.8) is 0 Å². The molecule has 0 amide bonds. The summed E-state index contributed by atoms with van der Waals surface area (Å²) in [7, 11) is -3.86. The molecule has 0 unspecified atom stereocenters. The number of nitrogens with one attached hydrogen (secondary N) is 1. The third-order valence-corrected chi connectivity index (χ3v) is 4.88. The van der Waals surface area contributed by atoms with Crippen LogP contribution in [0.15, 0.2) is 23.1 Å². The van der Waals surface area contributed by atoms with E-state index in [9.17, 15) is 12.8 Å². The normalized spacial score (nSPS) is 19.8. The molecule has 1 saturated carbocycles. The molecule has 0 atom stereocenters. The number of hydrogen-bond acceptors (Lipinski definition) is 3. The van der Waals surface area contributed by atoms with E-state index in [0.29, 0.717) is 11.1 Å². The molecular weight excluding hydrogens is 279 g/mol. The molecule has 2 rings (SSSR count). The van der Waals surface area contributed by atoms with Crippen LogP contribution in [0.1, 0.15) is 39.5 Å². The summed E-state index contributed by atoms with van der Waals surface area (Å²) in [5, 5.41) is 8.13. The Morgan fingerprint density at radius 1 is 1.30 bits per heavy atom. The molecule has 1 aromatic rings. The summed E-state index contributed by atoms with van der Waals surface area (Å²) >= 11 is 0. The lowest BCUT2D eigenvalue weighted by Gasteiger charge is -2.35. The van der Waals surface area contributed by atoms with Crippen molar-refractivity contribution in [3.8, 4) is 0 Å². The lowest BCUT2D eigenvalue weighted by molar-refractivity contribution is 0.232. The number of sulfonamides is 1. The van der Waals surface area contributed by atoms with Gasteiger partial charge in [0.05, 0.1) is 10.6 Å². The van der Waals surface area contributed by atoms with Gasteiger partial charge in [-0.25, -0.2) is 17.9 Å². The fourth-order valence-corrected chi connectivity index (χ4v) is 3.08. The number of hydrogen-bond donors (Lipinski definition) is 2. The van der Waals surface area contributed by atoms with Gasteiger partial charge in [0.15, 0.2) is 0 Å². The Morgan fingerprint density at radius 3 is 2.40 bits per heavy atom. The molecular formula is C14H21FN2O2S. The van der Waals surface area contributed by atoms with Crippen molar-refractivity contribution in [2.24, 2.45) is 10.6 Å². The van der Waals surface area contributed by atoms with Gasteiger partial charge in [0.2, 0.25) is 10.0 Å². The zero-order valence-electron chi connectivity index (χ0n) is 11.8. The fourth-order valence-electron chi connectivity index (χ4n) is 2.55. The van der Waals surface area contributed by atoms with E-state index < -0.39 is 15.8 Å². The SMILES string of the molecule is CC1(C)CCC(Nc2ccc(S(N)(=O)=O)cc2F)CC1.